The maximum absolute atomic E-state index is 10.8. The molecule has 1 aliphatic rings. The monoisotopic (exact) mass is 176 g/mol. The van der Waals surface area contributed by atoms with Crippen molar-refractivity contribution in [2.75, 3.05) is 7.11 Å². The van der Waals surface area contributed by atoms with Crippen LogP contribution < -0.4 is 0 Å². The summed E-state index contributed by atoms with van der Waals surface area (Å²) in [6, 6.07) is 0. The van der Waals surface area contributed by atoms with E-state index in [-0.39, 0.29) is 0 Å². The lowest BCUT2D eigenvalue weighted by Crippen LogP contribution is -2.55. The molecule has 0 aromatic carbocycles. The predicted octanol–water partition coefficient (Wildman–Crippen LogP) is -1.33. The Morgan fingerprint density at radius 2 is 2.08 bits per heavy atom. The highest BCUT2D eigenvalue weighted by atomic mass is 16.6. The molecule has 0 spiro atoms. The summed E-state index contributed by atoms with van der Waals surface area (Å²) in [7, 11) is 1.39. The van der Waals surface area contributed by atoms with Gasteiger partial charge in [-0.1, -0.05) is 0 Å². The topological polar surface area (TPSA) is 76.0 Å². The molecule has 1 saturated heterocycles. The lowest BCUT2D eigenvalue weighted by molar-refractivity contribution is -0.203. The van der Waals surface area contributed by atoms with E-state index in [9.17, 15) is 9.90 Å². The van der Waals surface area contributed by atoms with Gasteiger partial charge in [0, 0.05) is 7.11 Å². The highest BCUT2D eigenvalue weighted by Crippen LogP contribution is 2.18. The zero-order valence-electron chi connectivity index (χ0n) is 6.93. The van der Waals surface area contributed by atoms with Gasteiger partial charge in [-0.3, -0.25) is 0 Å². The summed E-state index contributed by atoms with van der Waals surface area (Å²) < 4.78 is 9.55. The first kappa shape index (κ1) is 9.44. The second kappa shape index (κ2) is 3.38. The molecule has 1 heterocycles. The van der Waals surface area contributed by atoms with Crippen LogP contribution in [0.25, 0.3) is 0 Å². The molecule has 0 unspecified atom stereocenters. The summed E-state index contributed by atoms with van der Waals surface area (Å²) in [6.07, 6.45) is -3.88. The third-order valence-electron chi connectivity index (χ3n) is 1.94. The van der Waals surface area contributed by atoms with Crippen LogP contribution in [-0.4, -0.2) is 47.7 Å². The average Bonchev–Trinajstić information content (AvgIpc) is 2.01. The van der Waals surface area contributed by atoms with Crippen LogP contribution in [0.15, 0.2) is 0 Å². The van der Waals surface area contributed by atoms with Gasteiger partial charge < -0.3 is 19.7 Å². The van der Waals surface area contributed by atoms with Gasteiger partial charge in [0.1, 0.15) is 18.3 Å². The van der Waals surface area contributed by atoms with Crippen molar-refractivity contribution in [2.24, 2.45) is 0 Å². The van der Waals surface area contributed by atoms with Crippen LogP contribution in [0.1, 0.15) is 6.92 Å². The minimum absolute atomic E-state index is 0.527. The number of ether oxygens (including phenoxy) is 2. The molecule has 0 saturated carbocycles. The molecule has 1 rings (SSSR count). The Morgan fingerprint density at radius 1 is 1.50 bits per heavy atom. The van der Waals surface area contributed by atoms with E-state index in [0.29, 0.717) is 0 Å². The van der Waals surface area contributed by atoms with Crippen molar-refractivity contribution in [3.8, 4) is 0 Å². The Labute approximate surface area is 69.9 Å². The van der Waals surface area contributed by atoms with Crippen LogP contribution in [0.3, 0.4) is 0 Å². The van der Waals surface area contributed by atoms with Crippen molar-refractivity contribution in [1.82, 2.24) is 0 Å². The molecule has 0 amide bonds. The van der Waals surface area contributed by atoms with Gasteiger partial charge in [0.25, 0.3) is 0 Å². The standard InChI is InChI=1S/C7H12O5/c1-3-6(11-2)4(8)5(9)7(10)12-3/h3-6,8-9H,1-2H3/t3-,4-,5-,6-/m0/s1. The first-order chi connectivity index (χ1) is 5.57. The van der Waals surface area contributed by atoms with Crippen LogP contribution >= 0.6 is 0 Å². The van der Waals surface area contributed by atoms with Crippen molar-refractivity contribution in [3.63, 3.8) is 0 Å². The Balaban J connectivity index is 2.72. The normalized spacial score (nSPS) is 42.5. The van der Waals surface area contributed by atoms with Gasteiger partial charge in [0.05, 0.1) is 0 Å². The Bertz CT molecular complexity index is 181. The van der Waals surface area contributed by atoms with E-state index in [2.05, 4.69) is 0 Å². The van der Waals surface area contributed by atoms with Crippen LogP contribution in [0, 0.1) is 0 Å². The molecule has 5 heteroatoms. The Kier molecular flexibility index (Phi) is 2.66. The minimum Gasteiger partial charge on any atom is -0.458 e. The van der Waals surface area contributed by atoms with Gasteiger partial charge >= 0.3 is 5.97 Å². The number of aliphatic hydroxyl groups is 2. The highest BCUT2D eigenvalue weighted by molar-refractivity contribution is 5.76. The molecule has 0 aromatic rings. The first-order valence-electron chi connectivity index (χ1n) is 3.67. The fourth-order valence-electron chi connectivity index (χ4n) is 1.25. The maximum Gasteiger partial charge on any atom is 0.338 e. The number of hydrogen-bond donors (Lipinski definition) is 2. The van der Waals surface area contributed by atoms with Crippen molar-refractivity contribution >= 4 is 5.97 Å². The molecular weight excluding hydrogens is 164 g/mol. The van der Waals surface area contributed by atoms with Gasteiger partial charge in [-0.2, -0.15) is 0 Å². The quantitative estimate of drug-likeness (QED) is 0.484. The van der Waals surface area contributed by atoms with Crippen LogP contribution in [-0.2, 0) is 14.3 Å². The van der Waals surface area contributed by atoms with Crippen LogP contribution in [0.4, 0.5) is 0 Å². The third kappa shape index (κ3) is 1.43. The molecule has 12 heavy (non-hydrogen) atoms. The third-order valence-corrected chi connectivity index (χ3v) is 1.94. The van der Waals surface area contributed by atoms with E-state index in [1.54, 1.807) is 6.92 Å². The van der Waals surface area contributed by atoms with Gasteiger partial charge in [-0.15, -0.1) is 0 Å². The zero-order chi connectivity index (χ0) is 9.30. The Morgan fingerprint density at radius 3 is 2.58 bits per heavy atom. The summed E-state index contributed by atoms with van der Waals surface area (Å²) in [4.78, 5) is 10.8. The van der Waals surface area contributed by atoms with Crippen molar-refractivity contribution in [3.05, 3.63) is 0 Å². The fourth-order valence-corrected chi connectivity index (χ4v) is 1.25. The largest absolute Gasteiger partial charge is 0.458 e. The van der Waals surface area contributed by atoms with Gasteiger partial charge in [0.2, 0.25) is 0 Å². The lowest BCUT2D eigenvalue weighted by atomic mass is 10.0. The summed E-state index contributed by atoms with van der Waals surface area (Å²) in [5.41, 5.74) is 0. The van der Waals surface area contributed by atoms with E-state index < -0.39 is 30.4 Å². The van der Waals surface area contributed by atoms with Crippen molar-refractivity contribution in [1.29, 1.82) is 0 Å². The van der Waals surface area contributed by atoms with E-state index in [1.165, 1.54) is 7.11 Å². The van der Waals surface area contributed by atoms with Gasteiger partial charge in [-0.05, 0) is 6.92 Å². The van der Waals surface area contributed by atoms with E-state index in [4.69, 9.17) is 14.6 Å². The van der Waals surface area contributed by atoms with Crippen molar-refractivity contribution < 1.29 is 24.5 Å². The molecule has 2 N–H and O–H groups in total. The number of hydrogen-bond acceptors (Lipinski definition) is 5. The summed E-state index contributed by atoms with van der Waals surface area (Å²) in [5, 5.41) is 18.4. The number of methoxy groups -OCH3 is 1. The number of aliphatic hydroxyl groups excluding tert-OH is 2. The molecule has 4 atom stereocenters. The molecule has 0 bridgehead atoms. The molecule has 1 aliphatic heterocycles. The number of carbonyl (C=O) groups is 1. The van der Waals surface area contributed by atoms with E-state index >= 15 is 0 Å². The fraction of sp³-hybridized carbons (Fsp3) is 0.857. The summed E-state index contributed by atoms with van der Waals surface area (Å²) in [5.74, 6) is -0.802. The molecular formula is C7H12O5. The number of carbonyl (C=O) groups excluding carboxylic acids is 1. The summed E-state index contributed by atoms with van der Waals surface area (Å²) >= 11 is 0. The second-order valence-electron chi connectivity index (χ2n) is 2.78. The average molecular weight is 176 g/mol. The van der Waals surface area contributed by atoms with Gasteiger partial charge in [0.15, 0.2) is 6.10 Å². The molecule has 5 nitrogen and oxygen atoms in total. The second-order valence-corrected chi connectivity index (χ2v) is 2.78. The van der Waals surface area contributed by atoms with E-state index in [0.717, 1.165) is 0 Å². The number of rotatable bonds is 1. The molecule has 0 aliphatic carbocycles. The zero-order valence-corrected chi connectivity index (χ0v) is 6.93. The number of esters is 1. The first-order valence-corrected chi connectivity index (χ1v) is 3.67. The molecule has 0 radical (unpaired) electrons. The smallest absolute Gasteiger partial charge is 0.338 e. The lowest BCUT2D eigenvalue weighted by Gasteiger charge is -2.34. The van der Waals surface area contributed by atoms with E-state index in [1.807, 2.05) is 0 Å². The minimum atomic E-state index is -1.49. The van der Waals surface area contributed by atoms with Crippen molar-refractivity contribution in [2.45, 2.75) is 31.3 Å². The van der Waals surface area contributed by atoms with Crippen LogP contribution in [0.5, 0.6) is 0 Å². The Hall–Kier alpha value is -0.650. The predicted molar refractivity (Wildman–Crippen MR) is 38.4 cm³/mol. The van der Waals surface area contributed by atoms with Gasteiger partial charge in [-0.25, -0.2) is 4.79 Å². The summed E-state index contributed by atoms with van der Waals surface area (Å²) in [6.45, 7) is 1.60. The highest BCUT2D eigenvalue weighted by Gasteiger charge is 2.42. The van der Waals surface area contributed by atoms with Crippen LogP contribution in [0.2, 0.25) is 0 Å². The maximum atomic E-state index is 10.8. The molecule has 0 aromatic heterocycles. The SMILES string of the molecule is CO[C@@H]1[C@@H](O)[C@H](O)C(=O)O[C@H]1C. The molecule has 70 valence electrons. The molecule has 1 fully saturated rings. The number of cyclic esters (lactones) is 1.